The first-order valence-corrected chi connectivity index (χ1v) is 9.28. The van der Waals surface area contributed by atoms with Gasteiger partial charge in [0.1, 0.15) is 11.4 Å². The first-order chi connectivity index (χ1) is 15.3. The average Bonchev–Trinajstić information content (AvgIpc) is 2.77. The molecule has 176 valence electrons. The number of hydrogen-bond donors (Lipinski definition) is 3. The highest BCUT2D eigenvalue weighted by atomic mass is 35.5. The number of rotatable bonds is 9. The Balaban J connectivity index is 0.00000385. The summed E-state index contributed by atoms with van der Waals surface area (Å²) in [6.45, 7) is 0.594. The number of amides is 1. The molecule has 0 bridgehead atoms. The second-order valence-corrected chi connectivity index (χ2v) is 6.36. The largest absolute Gasteiger partial charge is 0.461 e. The van der Waals surface area contributed by atoms with Crippen molar-refractivity contribution in [3.8, 4) is 17.0 Å². The van der Waals surface area contributed by atoms with E-state index in [1.807, 2.05) is 0 Å². The van der Waals surface area contributed by atoms with Gasteiger partial charge in [-0.2, -0.15) is 17.6 Å². The van der Waals surface area contributed by atoms with Gasteiger partial charge in [0.25, 0.3) is 5.91 Å². The molecule has 0 fully saturated rings. The molecule has 1 amide bonds. The average molecular weight is 487 g/mol. The number of carbonyl (C=O) groups excluding carboxylic acids is 1. The molecule has 2 heterocycles. The van der Waals surface area contributed by atoms with Gasteiger partial charge < -0.3 is 21.1 Å². The van der Waals surface area contributed by atoms with Crippen LogP contribution < -0.4 is 21.1 Å². The molecule has 0 unspecified atom stereocenters. The second kappa shape index (κ2) is 11.4. The van der Waals surface area contributed by atoms with E-state index in [1.54, 1.807) is 18.2 Å². The standard InChI is InChI=1S/C20H18F4N6O2.ClH/c21-18(22)20(23,24)32-14-3-1-2-13(11-14)29-19-28-8-5-15(30-19)12-4-7-26-16(10-12)17(31)27-9-6-25;/h1-5,7-8,10-11,18H,6,9,25H2,(H,27,31)(H,28,29,30);1H. The van der Waals surface area contributed by atoms with Crippen LogP contribution in [0.5, 0.6) is 5.75 Å². The maximum absolute atomic E-state index is 13.1. The van der Waals surface area contributed by atoms with Crippen molar-refractivity contribution < 1.29 is 27.1 Å². The van der Waals surface area contributed by atoms with Crippen LogP contribution in [0.3, 0.4) is 0 Å². The van der Waals surface area contributed by atoms with Gasteiger partial charge in [0.05, 0.1) is 5.69 Å². The lowest BCUT2D eigenvalue weighted by atomic mass is 10.1. The highest BCUT2D eigenvalue weighted by Gasteiger charge is 2.44. The number of hydrogen-bond acceptors (Lipinski definition) is 7. The molecule has 0 radical (unpaired) electrons. The summed E-state index contributed by atoms with van der Waals surface area (Å²) >= 11 is 0. The van der Waals surface area contributed by atoms with Gasteiger partial charge in [0, 0.05) is 42.8 Å². The molecule has 13 heteroatoms. The maximum atomic E-state index is 13.1. The van der Waals surface area contributed by atoms with Gasteiger partial charge in [-0.15, -0.1) is 12.4 Å². The summed E-state index contributed by atoms with van der Waals surface area (Å²) < 4.78 is 55.0. The van der Waals surface area contributed by atoms with E-state index in [4.69, 9.17) is 5.73 Å². The number of nitrogens with one attached hydrogen (secondary N) is 2. The Morgan fingerprint density at radius 2 is 1.88 bits per heavy atom. The Labute approximate surface area is 192 Å². The minimum atomic E-state index is -4.62. The highest BCUT2D eigenvalue weighted by molar-refractivity contribution is 5.93. The van der Waals surface area contributed by atoms with E-state index >= 15 is 0 Å². The summed E-state index contributed by atoms with van der Waals surface area (Å²) in [6, 6.07) is 9.86. The molecule has 2 aromatic heterocycles. The Hall–Kier alpha value is -3.51. The number of ether oxygens (including phenoxy) is 1. The molecule has 3 aromatic rings. The molecule has 4 N–H and O–H groups in total. The molecule has 0 spiro atoms. The minimum Gasteiger partial charge on any atom is -0.428 e. The van der Waals surface area contributed by atoms with Crippen LogP contribution in [0.4, 0.5) is 29.2 Å². The van der Waals surface area contributed by atoms with E-state index in [9.17, 15) is 22.4 Å². The lowest BCUT2D eigenvalue weighted by Gasteiger charge is -2.17. The molecule has 0 atom stereocenters. The summed E-state index contributed by atoms with van der Waals surface area (Å²) in [4.78, 5) is 24.5. The smallest absolute Gasteiger partial charge is 0.428 e. The van der Waals surface area contributed by atoms with Crippen LogP contribution in [0.15, 0.2) is 54.9 Å². The van der Waals surface area contributed by atoms with E-state index in [1.165, 1.54) is 24.5 Å². The Morgan fingerprint density at radius 1 is 1.12 bits per heavy atom. The van der Waals surface area contributed by atoms with E-state index in [0.29, 0.717) is 24.3 Å². The number of alkyl halides is 4. The van der Waals surface area contributed by atoms with E-state index < -0.39 is 18.3 Å². The van der Waals surface area contributed by atoms with Crippen LogP contribution in [0.1, 0.15) is 10.5 Å². The molecule has 0 aliphatic heterocycles. The van der Waals surface area contributed by atoms with Crippen LogP contribution in [0, 0.1) is 0 Å². The van der Waals surface area contributed by atoms with Crippen molar-refractivity contribution in [3.05, 3.63) is 60.6 Å². The van der Waals surface area contributed by atoms with Crippen molar-refractivity contribution in [1.82, 2.24) is 20.3 Å². The van der Waals surface area contributed by atoms with Crippen LogP contribution in [-0.4, -0.2) is 46.5 Å². The summed E-state index contributed by atoms with van der Waals surface area (Å²) in [5.74, 6) is -0.743. The molecule has 0 aliphatic rings. The number of nitrogens with zero attached hydrogens (tertiary/aromatic N) is 3. The van der Waals surface area contributed by atoms with Gasteiger partial charge in [0.2, 0.25) is 5.95 Å². The molecule has 0 saturated heterocycles. The summed E-state index contributed by atoms with van der Waals surface area (Å²) in [5, 5.41) is 5.41. The number of carbonyl (C=O) groups is 1. The molecular weight excluding hydrogens is 468 g/mol. The van der Waals surface area contributed by atoms with Gasteiger partial charge in [0.15, 0.2) is 0 Å². The van der Waals surface area contributed by atoms with Crippen LogP contribution in [0.25, 0.3) is 11.3 Å². The Bertz CT molecular complexity index is 1090. The number of nitrogens with two attached hydrogens (primary N) is 1. The second-order valence-electron chi connectivity index (χ2n) is 6.36. The normalized spacial score (nSPS) is 11.0. The zero-order chi connectivity index (χ0) is 23.1. The maximum Gasteiger partial charge on any atom is 0.461 e. The summed E-state index contributed by atoms with van der Waals surface area (Å²) in [6.07, 6.45) is -5.69. The summed E-state index contributed by atoms with van der Waals surface area (Å²) in [5.41, 5.74) is 6.82. The molecule has 1 aromatic carbocycles. The predicted octanol–water partition coefficient (Wildman–Crippen LogP) is 3.63. The first-order valence-electron chi connectivity index (χ1n) is 9.28. The van der Waals surface area contributed by atoms with E-state index in [-0.39, 0.29) is 35.6 Å². The van der Waals surface area contributed by atoms with Gasteiger partial charge in [-0.1, -0.05) is 6.07 Å². The molecule has 3 rings (SSSR count). The van der Waals surface area contributed by atoms with E-state index in [0.717, 1.165) is 12.1 Å². The van der Waals surface area contributed by atoms with E-state index in [2.05, 4.69) is 30.3 Å². The van der Waals surface area contributed by atoms with Gasteiger partial charge in [-0.3, -0.25) is 9.78 Å². The third-order valence-corrected chi connectivity index (χ3v) is 3.97. The SMILES string of the molecule is Cl.NCCNC(=O)c1cc(-c2ccnc(Nc3cccc(OC(F)(F)C(F)F)c3)n2)ccn1. The van der Waals surface area contributed by atoms with Crippen LogP contribution in [0.2, 0.25) is 0 Å². The number of benzene rings is 1. The number of pyridine rings is 1. The molecule has 0 aliphatic carbocycles. The fraction of sp³-hybridized carbons (Fsp3) is 0.200. The summed E-state index contributed by atoms with van der Waals surface area (Å²) in [7, 11) is 0. The van der Waals surface area contributed by atoms with Gasteiger partial charge >= 0.3 is 12.5 Å². The minimum absolute atomic E-state index is 0. The fourth-order valence-corrected chi connectivity index (χ4v) is 2.54. The lowest BCUT2D eigenvalue weighted by molar-refractivity contribution is -0.253. The number of aromatic nitrogens is 3. The first kappa shape index (κ1) is 25.7. The zero-order valence-corrected chi connectivity index (χ0v) is 17.7. The van der Waals surface area contributed by atoms with Crippen LogP contribution in [-0.2, 0) is 0 Å². The van der Waals surface area contributed by atoms with Crippen molar-refractivity contribution >= 4 is 29.9 Å². The quantitative estimate of drug-likeness (QED) is 0.396. The molecule has 33 heavy (non-hydrogen) atoms. The number of anilines is 2. The molecular formula is C20H19ClF4N6O2. The third-order valence-electron chi connectivity index (χ3n) is 3.97. The lowest BCUT2D eigenvalue weighted by Crippen LogP contribution is -2.33. The van der Waals surface area contributed by atoms with Gasteiger partial charge in [-0.25, -0.2) is 9.97 Å². The highest BCUT2D eigenvalue weighted by Crippen LogP contribution is 2.29. The van der Waals surface area contributed by atoms with Crippen molar-refractivity contribution in [3.63, 3.8) is 0 Å². The monoisotopic (exact) mass is 486 g/mol. The number of halogens is 5. The predicted molar refractivity (Wildman–Crippen MR) is 115 cm³/mol. The van der Waals surface area contributed by atoms with Crippen molar-refractivity contribution in [1.29, 1.82) is 0 Å². The van der Waals surface area contributed by atoms with Crippen molar-refractivity contribution in [2.24, 2.45) is 5.73 Å². The Morgan fingerprint density at radius 3 is 2.61 bits per heavy atom. The van der Waals surface area contributed by atoms with Crippen molar-refractivity contribution in [2.75, 3.05) is 18.4 Å². The van der Waals surface area contributed by atoms with Gasteiger partial charge in [-0.05, 0) is 30.3 Å². The Kier molecular flexibility index (Phi) is 8.88. The zero-order valence-electron chi connectivity index (χ0n) is 16.8. The third kappa shape index (κ3) is 6.99. The molecule has 0 saturated carbocycles. The fourth-order valence-electron chi connectivity index (χ4n) is 2.54. The topological polar surface area (TPSA) is 115 Å². The molecule has 8 nitrogen and oxygen atoms in total. The van der Waals surface area contributed by atoms with Crippen LogP contribution >= 0.6 is 12.4 Å². The van der Waals surface area contributed by atoms with Crippen molar-refractivity contribution in [2.45, 2.75) is 12.5 Å².